The molecule has 3 heteroatoms. The van der Waals surface area contributed by atoms with Crippen molar-refractivity contribution in [3.05, 3.63) is 218 Å². The fraction of sp³-hybridized carbons (Fsp3) is 0. The van der Waals surface area contributed by atoms with E-state index in [2.05, 4.69) is 228 Å². The van der Waals surface area contributed by atoms with Crippen LogP contribution in [0.5, 0.6) is 0 Å². The van der Waals surface area contributed by atoms with Gasteiger partial charge in [-0.1, -0.05) is 152 Å². The summed E-state index contributed by atoms with van der Waals surface area (Å²) in [6.07, 6.45) is 0. The van der Waals surface area contributed by atoms with Crippen molar-refractivity contribution in [1.82, 2.24) is 4.57 Å². The van der Waals surface area contributed by atoms with Crippen LogP contribution in [0.4, 0.5) is 17.1 Å². The fourth-order valence-corrected chi connectivity index (χ4v) is 9.36. The van der Waals surface area contributed by atoms with Gasteiger partial charge in [0.2, 0.25) is 0 Å². The predicted octanol–water partition coefficient (Wildman–Crippen LogP) is 15.8. The molecule has 59 heavy (non-hydrogen) atoms. The van der Waals surface area contributed by atoms with E-state index in [0.717, 1.165) is 55.8 Å². The molecule has 10 aromatic carbocycles. The van der Waals surface area contributed by atoms with E-state index in [9.17, 15) is 0 Å². The minimum Gasteiger partial charge on any atom is -0.456 e. The Bertz CT molecular complexity index is 3500. The van der Waals surface area contributed by atoms with Crippen molar-refractivity contribution >= 4 is 82.4 Å². The summed E-state index contributed by atoms with van der Waals surface area (Å²) >= 11 is 0. The van der Waals surface area contributed by atoms with Gasteiger partial charge in [-0.15, -0.1) is 0 Å². The highest BCUT2D eigenvalue weighted by atomic mass is 16.3. The van der Waals surface area contributed by atoms with Gasteiger partial charge in [-0.05, 0) is 105 Å². The molecule has 0 amide bonds. The van der Waals surface area contributed by atoms with Gasteiger partial charge in [0.05, 0.1) is 16.7 Å². The van der Waals surface area contributed by atoms with Gasteiger partial charge in [-0.25, -0.2) is 0 Å². The van der Waals surface area contributed by atoms with Crippen molar-refractivity contribution < 1.29 is 4.42 Å². The molecule has 2 aromatic heterocycles. The topological polar surface area (TPSA) is 21.3 Å². The molecule has 12 rings (SSSR count). The Balaban J connectivity index is 1.18. The van der Waals surface area contributed by atoms with Crippen LogP contribution in [0, 0.1) is 0 Å². The highest BCUT2D eigenvalue weighted by molar-refractivity contribution is 6.22. The van der Waals surface area contributed by atoms with Gasteiger partial charge in [-0.3, -0.25) is 0 Å². The number of fused-ring (bicyclic) bond motifs is 9. The first-order valence-electron chi connectivity index (χ1n) is 20.2. The summed E-state index contributed by atoms with van der Waals surface area (Å²) in [7, 11) is 0. The number of anilines is 3. The average Bonchev–Trinajstić information content (AvgIpc) is 3.86. The van der Waals surface area contributed by atoms with Gasteiger partial charge in [0.1, 0.15) is 11.2 Å². The molecule has 0 aliphatic rings. The Morgan fingerprint density at radius 2 is 0.983 bits per heavy atom. The third-order valence-electron chi connectivity index (χ3n) is 12.0. The first-order valence-corrected chi connectivity index (χ1v) is 20.2. The van der Waals surface area contributed by atoms with Crippen LogP contribution in [0.25, 0.3) is 93.2 Å². The Kier molecular flexibility index (Phi) is 7.54. The molecule has 0 saturated heterocycles. The molecule has 0 saturated carbocycles. The van der Waals surface area contributed by atoms with Gasteiger partial charge < -0.3 is 13.9 Å². The van der Waals surface area contributed by atoms with Crippen LogP contribution >= 0.6 is 0 Å². The van der Waals surface area contributed by atoms with Crippen LogP contribution < -0.4 is 4.90 Å². The molecule has 2 heterocycles. The van der Waals surface area contributed by atoms with Crippen molar-refractivity contribution in [2.24, 2.45) is 0 Å². The van der Waals surface area contributed by atoms with Crippen molar-refractivity contribution in [3.63, 3.8) is 0 Å². The second-order valence-corrected chi connectivity index (χ2v) is 15.3. The summed E-state index contributed by atoms with van der Waals surface area (Å²) < 4.78 is 9.05. The maximum atomic E-state index is 6.65. The van der Waals surface area contributed by atoms with E-state index in [-0.39, 0.29) is 0 Å². The molecule has 12 aromatic rings. The van der Waals surface area contributed by atoms with Gasteiger partial charge in [0.15, 0.2) is 0 Å². The number of hydrogen-bond donors (Lipinski definition) is 0. The zero-order valence-electron chi connectivity index (χ0n) is 32.1. The molecule has 0 aliphatic carbocycles. The zero-order valence-corrected chi connectivity index (χ0v) is 32.1. The van der Waals surface area contributed by atoms with Crippen LogP contribution in [-0.4, -0.2) is 4.57 Å². The first-order chi connectivity index (χ1) is 29.3. The van der Waals surface area contributed by atoms with E-state index in [0.29, 0.717) is 0 Å². The number of hydrogen-bond acceptors (Lipinski definition) is 2. The standard InChI is InChI=1S/C56H36N2O/c1-2-15-37(16-3-1)38-29-31-40(32-30-38)57(41-18-14-19-42(36-41)58-50-26-11-8-23-46(50)47-24-9-12-27-51(47)58)52-33-34-54-56(48-25-10-13-28-53(48)59-54)55(52)49-35-39-17-4-5-20-43(39)44-21-6-7-22-45(44)49/h1-36H. The average molecular weight is 753 g/mol. The Labute approximate surface area is 341 Å². The fourth-order valence-electron chi connectivity index (χ4n) is 9.36. The quantitative estimate of drug-likeness (QED) is 0.158. The Morgan fingerprint density at radius 3 is 1.75 bits per heavy atom. The molecular weight excluding hydrogens is 717 g/mol. The van der Waals surface area contributed by atoms with Gasteiger partial charge in [0.25, 0.3) is 0 Å². The van der Waals surface area contributed by atoms with Gasteiger partial charge in [0, 0.05) is 44.2 Å². The van der Waals surface area contributed by atoms with Crippen LogP contribution in [0.2, 0.25) is 0 Å². The number of para-hydroxylation sites is 3. The highest BCUT2D eigenvalue weighted by Crippen LogP contribution is 2.50. The lowest BCUT2D eigenvalue weighted by molar-refractivity contribution is 0.669. The zero-order chi connectivity index (χ0) is 38.9. The number of aromatic nitrogens is 1. The van der Waals surface area contributed by atoms with Crippen LogP contribution in [0.1, 0.15) is 0 Å². The summed E-state index contributed by atoms with van der Waals surface area (Å²) in [6, 6.07) is 78.8. The maximum absolute atomic E-state index is 6.65. The largest absolute Gasteiger partial charge is 0.456 e. The molecule has 0 radical (unpaired) electrons. The molecule has 0 fully saturated rings. The van der Waals surface area contributed by atoms with Gasteiger partial charge >= 0.3 is 0 Å². The number of furan rings is 1. The van der Waals surface area contributed by atoms with Crippen LogP contribution in [0.3, 0.4) is 0 Å². The summed E-state index contributed by atoms with van der Waals surface area (Å²) in [5, 5.41) is 9.54. The monoisotopic (exact) mass is 752 g/mol. The minimum absolute atomic E-state index is 0.862. The van der Waals surface area contributed by atoms with E-state index in [1.165, 1.54) is 54.5 Å². The van der Waals surface area contributed by atoms with E-state index >= 15 is 0 Å². The van der Waals surface area contributed by atoms with E-state index in [1.807, 2.05) is 0 Å². The molecule has 3 nitrogen and oxygen atoms in total. The molecule has 0 spiro atoms. The Hall–Kier alpha value is -7.88. The molecule has 276 valence electrons. The summed E-state index contributed by atoms with van der Waals surface area (Å²) in [5.74, 6) is 0. The van der Waals surface area contributed by atoms with E-state index < -0.39 is 0 Å². The van der Waals surface area contributed by atoms with Crippen LogP contribution in [0.15, 0.2) is 223 Å². The SMILES string of the molecule is c1ccc(-c2ccc(N(c3cccc(-n4c5ccccc5c5ccccc54)c3)c3ccc4oc5ccccc5c4c3-c3cc4ccccc4c4ccccc34)cc2)cc1. The Morgan fingerprint density at radius 1 is 0.373 bits per heavy atom. The smallest absolute Gasteiger partial charge is 0.136 e. The third kappa shape index (κ3) is 5.29. The molecular formula is C56H36N2O. The number of benzene rings is 10. The lowest BCUT2D eigenvalue weighted by atomic mass is 9.89. The normalized spacial score (nSPS) is 11.7. The first kappa shape index (κ1) is 33.3. The summed E-state index contributed by atoms with van der Waals surface area (Å²) in [5.41, 5.74) is 13.0. The van der Waals surface area contributed by atoms with Crippen molar-refractivity contribution in [2.75, 3.05) is 4.90 Å². The minimum atomic E-state index is 0.862. The second-order valence-electron chi connectivity index (χ2n) is 15.3. The summed E-state index contributed by atoms with van der Waals surface area (Å²) in [4.78, 5) is 2.44. The lowest BCUT2D eigenvalue weighted by Gasteiger charge is -2.29. The number of rotatable bonds is 6. The summed E-state index contributed by atoms with van der Waals surface area (Å²) in [6.45, 7) is 0. The molecule has 0 N–H and O–H groups in total. The van der Waals surface area contributed by atoms with Gasteiger partial charge in [-0.2, -0.15) is 0 Å². The van der Waals surface area contributed by atoms with Crippen molar-refractivity contribution in [1.29, 1.82) is 0 Å². The third-order valence-corrected chi connectivity index (χ3v) is 12.0. The second kappa shape index (κ2) is 13.4. The molecule has 0 atom stereocenters. The van der Waals surface area contributed by atoms with Crippen LogP contribution in [-0.2, 0) is 0 Å². The molecule has 0 bridgehead atoms. The lowest BCUT2D eigenvalue weighted by Crippen LogP contribution is -2.12. The van der Waals surface area contributed by atoms with Crippen molar-refractivity contribution in [3.8, 4) is 27.9 Å². The van der Waals surface area contributed by atoms with E-state index in [1.54, 1.807) is 0 Å². The van der Waals surface area contributed by atoms with E-state index in [4.69, 9.17) is 4.42 Å². The van der Waals surface area contributed by atoms with Crippen molar-refractivity contribution in [2.45, 2.75) is 0 Å². The highest BCUT2D eigenvalue weighted by Gasteiger charge is 2.25. The molecule has 0 aliphatic heterocycles. The molecule has 0 unspecified atom stereocenters. The maximum Gasteiger partial charge on any atom is 0.136 e. The number of nitrogens with zero attached hydrogens (tertiary/aromatic N) is 2. The predicted molar refractivity (Wildman–Crippen MR) is 249 cm³/mol.